The standard InChI is InChI=1S/C18H11Cl3N2O3/c19-13-8-22-17(16(21)15(13)20)18(25)26-9-14(24)23-12-6-5-10-3-1-2-4-11(10)7-12/h1-8H,9H2,(H,23,24). The number of amides is 1. The Labute approximate surface area is 163 Å². The molecule has 1 aromatic heterocycles. The van der Waals surface area contributed by atoms with Gasteiger partial charge in [0.05, 0.1) is 15.1 Å². The minimum Gasteiger partial charge on any atom is -0.451 e. The van der Waals surface area contributed by atoms with Crippen molar-refractivity contribution < 1.29 is 14.3 Å². The Balaban J connectivity index is 1.63. The van der Waals surface area contributed by atoms with Gasteiger partial charge in [-0.15, -0.1) is 0 Å². The first-order valence-electron chi connectivity index (χ1n) is 7.41. The Morgan fingerprint density at radius 3 is 2.50 bits per heavy atom. The topological polar surface area (TPSA) is 68.3 Å². The molecule has 1 heterocycles. The summed E-state index contributed by atoms with van der Waals surface area (Å²) in [6, 6.07) is 13.2. The summed E-state index contributed by atoms with van der Waals surface area (Å²) in [6.07, 6.45) is 1.18. The zero-order valence-corrected chi connectivity index (χ0v) is 15.4. The van der Waals surface area contributed by atoms with Crippen LogP contribution < -0.4 is 5.32 Å². The van der Waals surface area contributed by atoms with E-state index in [1.165, 1.54) is 6.20 Å². The van der Waals surface area contributed by atoms with Gasteiger partial charge in [0.2, 0.25) is 0 Å². The second kappa shape index (κ2) is 7.91. The number of halogens is 3. The molecule has 132 valence electrons. The van der Waals surface area contributed by atoms with Crippen molar-refractivity contribution in [1.29, 1.82) is 0 Å². The van der Waals surface area contributed by atoms with Crippen molar-refractivity contribution in [3.63, 3.8) is 0 Å². The smallest absolute Gasteiger partial charge is 0.359 e. The van der Waals surface area contributed by atoms with Crippen LogP contribution in [0.15, 0.2) is 48.7 Å². The van der Waals surface area contributed by atoms with E-state index in [4.69, 9.17) is 39.5 Å². The summed E-state index contributed by atoms with van der Waals surface area (Å²) >= 11 is 17.5. The Hall–Kier alpha value is -2.34. The van der Waals surface area contributed by atoms with Gasteiger partial charge in [-0.1, -0.05) is 65.1 Å². The zero-order chi connectivity index (χ0) is 18.7. The number of fused-ring (bicyclic) bond motifs is 1. The van der Waals surface area contributed by atoms with E-state index in [0.717, 1.165) is 10.8 Å². The Bertz CT molecular complexity index is 1010. The van der Waals surface area contributed by atoms with Crippen LogP contribution >= 0.6 is 34.8 Å². The number of hydrogen-bond donors (Lipinski definition) is 1. The van der Waals surface area contributed by atoms with Gasteiger partial charge in [-0.25, -0.2) is 9.78 Å². The number of rotatable bonds is 4. The van der Waals surface area contributed by atoms with Crippen LogP contribution in [0.4, 0.5) is 5.69 Å². The maximum absolute atomic E-state index is 12.0. The van der Waals surface area contributed by atoms with Crippen LogP contribution in [0.2, 0.25) is 15.1 Å². The van der Waals surface area contributed by atoms with Crippen molar-refractivity contribution >= 4 is 63.1 Å². The zero-order valence-electron chi connectivity index (χ0n) is 13.1. The Morgan fingerprint density at radius 2 is 1.73 bits per heavy atom. The summed E-state index contributed by atoms with van der Waals surface area (Å²) in [5, 5.41) is 4.68. The van der Waals surface area contributed by atoms with Gasteiger partial charge in [-0.2, -0.15) is 0 Å². The van der Waals surface area contributed by atoms with E-state index in [9.17, 15) is 9.59 Å². The maximum Gasteiger partial charge on any atom is 0.359 e. The van der Waals surface area contributed by atoms with Crippen LogP contribution in [0.3, 0.4) is 0 Å². The predicted molar refractivity (Wildman–Crippen MR) is 102 cm³/mol. The predicted octanol–water partition coefficient (Wildman–Crippen LogP) is 4.99. The number of aromatic nitrogens is 1. The van der Waals surface area contributed by atoms with Gasteiger partial charge < -0.3 is 10.1 Å². The maximum atomic E-state index is 12.0. The molecule has 0 radical (unpaired) electrons. The highest BCUT2D eigenvalue weighted by Crippen LogP contribution is 2.31. The second-order valence-corrected chi connectivity index (χ2v) is 6.43. The molecule has 0 aliphatic carbocycles. The highest BCUT2D eigenvalue weighted by atomic mass is 35.5. The molecule has 5 nitrogen and oxygen atoms in total. The summed E-state index contributed by atoms with van der Waals surface area (Å²) in [4.78, 5) is 27.8. The van der Waals surface area contributed by atoms with Gasteiger partial charge in [-0.05, 0) is 22.9 Å². The van der Waals surface area contributed by atoms with E-state index >= 15 is 0 Å². The van der Waals surface area contributed by atoms with Crippen LogP contribution in [-0.4, -0.2) is 23.5 Å². The van der Waals surface area contributed by atoms with Gasteiger partial charge in [0.1, 0.15) is 0 Å². The van der Waals surface area contributed by atoms with Crippen LogP contribution in [0.1, 0.15) is 10.5 Å². The molecule has 0 fully saturated rings. The summed E-state index contributed by atoms with van der Waals surface area (Å²) in [6.45, 7) is -0.496. The lowest BCUT2D eigenvalue weighted by Crippen LogP contribution is -2.21. The average Bonchev–Trinajstić information content (AvgIpc) is 2.64. The molecule has 0 unspecified atom stereocenters. The highest BCUT2D eigenvalue weighted by Gasteiger charge is 2.19. The molecule has 0 saturated carbocycles. The molecule has 0 bridgehead atoms. The normalized spacial score (nSPS) is 10.6. The Kier molecular flexibility index (Phi) is 5.61. The van der Waals surface area contributed by atoms with Crippen molar-refractivity contribution in [3.8, 4) is 0 Å². The first-order chi connectivity index (χ1) is 12.5. The first-order valence-corrected chi connectivity index (χ1v) is 8.54. The summed E-state index contributed by atoms with van der Waals surface area (Å²) in [5.41, 5.74) is 0.384. The van der Waals surface area contributed by atoms with Crippen molar-refractivity contribution in [2.45, 2.75) is 0 Å². The van der Waals surface area contributed by atoms with E-state index in [-0.39, 0.29) is 20.8 Å². The number of nitrogens with zero attached hydrogens (tertiary/aromatic N) is 1. The number of benzene rings is 2. The van der Waals surface area contributed by atoms with E-state index in [1.807, 2.05) is 36.4 Å². The molecule has 2 aromatic carbocycles. The number of carbonyl (C=O) groups excluding carboxylic acids is 2. The number of nitrogens with one attached hydrogen (secondary N) is 1. The van der Waals surface area contributed by atoms with Crippen molar-refractivity contribution in [3.05, 3.63) is 69.4 Å². The molecule has 0 saturated heterocycles. The lowest BCUT2D eigenvalue weighted by Gasteiger charge is -2.08. The fourth-order valence-corrected chi connectivity index (χ4v) is 2.81. The molecule has 0 aliphatic rings. The third-order valence-electron chi connectivity index (χ3n) is 3.48. The highest BCUT2D eigenvalue weighted by molar-refractivity contribution is 6.48. The van der Waals surface area contributed by atoms with Gasteiger partial charge in [0.15, 0.2) is 12.3 Å². The van der Waals surface area contributed by atoms with E-state index in [2.05, 4.69) is 10.3 Å². The van der Waals surface area contributed by atoms with E-state index in [1.54, 1.807) is 6.07 Å². The first kappa shape index (κ1) is 18.5. The molecule has 0 spiro atoms. The molecule has 26 heavy (non-hydrogen) atoms. The van der Waals surface area contributed by atoms with Crippen molar-refractivity contribution in [2.24, 2.45) is 0 Å². The van der Waals surface area contributed by atoms with E-state index in [0.29, 0.717) is 5.69 Å². The number of ether oxygens (including phenoxy) is 1. The van der Waals surface area contributed by atoms with Crippen LogP contribution in [-0.2, 0) is 9.53 Å². The third kappa shape index (κ3) is 4.07. The third-order valence-corrected chi connectivity index (χ3v) is 4.72. The van der Waals surface area contributed by atoms with Gasteiger partial charge in [0, 0.05) is 11.9 Å². The average molecular weight is 410 g/mol. The van der Waals surface area contributed by atoms with E-state index < -0.39 is 18.5 Å². The molecule has 3 aromatic rings. The summed E-state index contributed by atoms with van der Waals surface area (Å²) in [5.74, 6) is -1.37. The van der Waals surface area contributed by atoms with Crippen LogP contribution in [0, 0.1) is 0 Å². The quantitative estimate of drug-likeness (QED) is 0.616. The van der Waals surface area contributed by atoms with Crippen LogP contribution in [0.25, 0.3) is 10.8 Å². The largest absolute Gasteiger partial charge is 0.451 e. The lowest BCUT2D eigenvalue weighted by atomic mass is 10.1. The fourth-order valence-electron chi connectivity index (χ4n) is 2.25. The lowest BCUT2D eigenvalue weighted by molar-refractivity contribution is -0.119. The molecule has 1 N–H and O–H groups in total. The molecule has 0 aliphatic heterocycles. The SMILES string of the molecule is O=C(COC(=O)c1ncc(Cl)c(Cl)c1Cl)Nc1ccc2ccccc2c1. The number of esters is 1. The monoisotopic (exact) mass is 408 g/mol. The summed E-state index contributed by atoms with van der Waals surface area (Å²) in [7, 11) is 0. The van der Waals surface area contributed by atoms with Gasteiger partial charge in [-0.3, -0.25) is 4.79 Å². The van der Waals surface area contributed by atoms with Crippen molar-refractivity contribution in [2.75, 3.05) is 11.9 Å². The second-order valence-electron chi connectivity index (χ2n) is 5.27. The number of pyridine rings is 1. The number of hydrogen-bond acceptors (Lipinski definition) is 4. The molecular weight excluding hydrogens is 399 g/mol. The Morgan fingerprint density at radius 1 is 1.00 bits per heavy atom. The molecule has 3 rings (SSSR count). The number of carbonyl (C=O) groups is 2. The molecule has 0 atom stereocenters. The summed E-state index contributed by atoms with van der Waals surface area (Å²) < 4.78 is 4.93. The molecule has 1 amide bonds. The minimum atomic E-state index is -0.873. The van der Waals surface area contributed by atoms with Crippen LogP contribution in [0.5, 0.6) is 0 Å². The fraction of sp³-hybridized carbons (Fsp3) is 0.0556. The van der Waals surface area contributed by atoms with Gasteiger partial charge >= 0.3 is 5.97 Å². The number of anilines is 1. The minimum absolute atomic E-state index is 0.00380. The molecular formula is C18H11Cl3N2O3. The van der Waals surface area contributed by atoms with Crippen molar-refractivity contribution in [1.82, 2.24) is 4.98 Å². The molecule has 8 heteroatoms. The van der Waals surface area contributed by atoms with Gasteiger partial charge in [0.25, 0.3) is 5.91 Å².